The summed E-state index contributed by atoms with van der Waals surface area (Å²) in [6, 6.07) is 2.77. The van der Waals surface area contributed by atoms with Gasteiger partial charge < -0.3 is 14.8 Å². The summed E-state index contributed by atoms with van der Waals surface area (Å²) >= 11 is 8.91. The lowest BCUT2D eigenvalue weighted by Gasteiger charge is -2.11. The zero-order valence-electron chi connectivity index (χ0n) is 11.4. The van der Waals surface area contributed by atoms with Crippen LogP contribution < -0.4 is 5.32 Å². The van der Waals surface area contributed by atoms with Crippen molar-refractivity contribution in [1.29, 1.82) is 0 Å². The number of benzene rings is 1. The number of nitro groups is 1. The maximum Gasteiger partial charge on any atom is 0.354 e. The molecular formula is C12H10BrClN2O6. The summed E-state index contributed by atoms with van der Waals surface area (Å²) in [6.07, 6.45) is 0.808. The smallest absolute Gasteiger partial charge is 0.354 e. The second-order valence-corrected chi connectivity index (χ2v) is 4.97. The van der Waals surface area contributed by atoms with Crippen molar-refractivity contribution in [2.45, 2.75) is 0 Å². The second kappa shape index (κ2) is 7.76. The number of rotatable bonds is 5. The highest BCUT2D eigenvalue weighted by molar-refractivity contribution is 9.10. The molecule has 0 saturated carbocycles. The molecule has 0 fully saturated rings. The minimum atomic E-state index is -0.911. The molecule has 10 heteroatoms. The van der Waals surface area contributed by atoms with Crippen LogP contribution in [-0.2, 0) is 19.1 Å². The molecular weight excluding hydrogens is 383 g/mol. The highest BCUT2D eigenvalue weighted by atomic mass is 79.9. The lowest BCUT2D eigenvalue weighted by molar-refractivity contribution is -0.383. The Morgan fingerprint density at radius 2 is 2.00 bits per heavy atom. The summed E-state index contributed by atoms with van der Waals surface area (Å²) in [7, 11) is 2.21. The Bertz CT molecular complexity index is 661. The number of ether oxygens (including phenoxy) is 2. The van der Waals surface area contributed by atoms with E-state index in [0.29, 0.717) is 0 Å². The average Bonchev–Trinajstić information content (AvgIpc) is 2.48. The summed E-state index contributed by atoms with van der Waals surface area (Å²) in [5.41, 5.74) is -0.908. The van der Waals surface area contributed by atoms with Gasteiger partial charge in [-0.3, -0.25) is 10.1 Å². The van der Waals surface area contributed by atoms with Gasteiger partial charge in [0.05, 0.1) is 25.2 Å². The first-order valence-electron chi connectivity index (χ1n) is 5.59. The predicted octanol–water partition coefficient (Wildman–Crippen LogP) is 2.65. The van der Waals surface area contributed by atoms with Gasteiger partial charge in [-0.2, -0.15) is 0 Å². The van der Waals surface area contributed by atoms with E-state index >= 15 is 0 Å². The molecule has 1 aromatic carbocycles. The van der Waals surface area contributed by atoms with E-state index in [2.05, 4.69) is 30.7 Å². The molecule has 0 radical (unpaired) electrons. The van der Waals surface area contributed by atoms with Crippen molar-refractivity contribution < 1.29 is 24.0 Å². The lowest BCUT2D eigenvalue weighted by Crippen LogP contribution is -2.16. The molecule has 1 rings (SSSR count). The number of nitrogens with one attached hydrogen (secondary N) is 1. The van der Waals surface area contributed by atoms with E-state index in [4.69, 9.17) is 11.6 Å². The predicted molar refractivity (Wildman–Crippen MR) is 81.5 cm³/mol. The Kier molecular flexibility index (Phi) is 6.32. The summed E-state index contributed by atoms with van der Waals surface area (Å²) < 4.78 is 9.18. The number of carbonyl (C=O) groups excluding carboxylic acids is 2. The van der Waals surface area contributed by atoms with Crippen molar-refractivity contribution in [2.24, 2.45) is 0 Å². The third kappa shape index (κ3) is 4.18. The van der Waals surface area contributed by atoms with Crippen molar-refractivity contribution in [3.8, 4) is 0 Å². The van der Waals surface area contributed by atoms with E-state index in [-0.39, 0.29) is 20.9 Å². The molecule has 1 aromatic rings. The van der Waals surface area contributed by atoms with Gasteiger partial charge in [-0.1, -0.05) is 11.6 Å². The van der Waals surface area contributed by atoms with Crippen LogP contribution in [-0.4, -0.2) is 31.1 Å². The molecule has 8 nitrogen and oxygen atoms in total. The molecule has 0 amide bonds. The first-order valence-corrected chi connectivity index (χ1v) is 6.76. The number of hydrogen-bond donors (Lipinski definition) is 1. The van der Waals surface area contributed by atoms with Gasteiger partial charge in [-0.15, -0.1) is 0 Å². The number of nitro benzene ring substituents is 1. The lowest BCUT2D eigenvalue weighted by atomic mass is 10.2. The molecule has 0 aliphatic heterocycles. The molecule has 0 aliphatic carbocycles. The van der Waals surface area contributed by atoms with Crippen LogP contribution in [0.15, 0.2) is 28.4 Å². The Labute approximate surface area is 138 Å². The van der Waals surface area contributed by atoms with Crippen molar-refractivity contribution >= 4 is 50.8 Å². The number of anilines is 1. The fourth-order valence-corrected chi connectivity index (χ4v) is 2.05. The van der Waals surface area contributed by atoms with Crippen LogP contribution in [0.5, 0.6) is 0 Å². The zero-order chi connectivity index (χ0) is 16.9. The van der Waals surface area contributed by atoms with E-state index in [1.165, 1.54) is 12.1 Å². The molecule has 0 aromatic heterocycles. The van der Waals surface area contributed by atoms with E-state index in [1.807, 2.05) is 0 Å². The Morgan fingerprint density at radius 1 is 1.36 bits per heavy atom. The van der Waals surface area contributed by atoms with Gasteiger partial charge in [0.15, 0.2) is 0 Å². The fourth-order valence-electron chi connectivity index (χ4n) is 1.41. The molecule has 0 bridgehead atoms. The van der Waals surface area contributed by atoms with Crippen LogP contribution in [0, 0.1) is 10.1 Å². The maximum atomic E-state index is 11.7. The van der Waals surface area contributed by atoms with Crippen LogP contribution in [0.1, 0.15) is 0 Å². The van der Waals surface area contributed by atoms with Gasteiger partial charge >= 0.3 is 17.6 Å². The largest absolute Gasteiger partial charge is 0.466 e. The highest BCUT2D eigenvalue weighted by Gasteiger charge is 2.24. The Balaban J connectivity index is 3.39. The van der Waals surface area contributed by atoms with Gasteiger partial charge in [0, 0.05) is 4.47 Å². The van der Waals surface area contributed by atoms with Crippen molar-refractivity contribution in [3.63, 3.8) is 0 Å². The summed E-state index contributed by atoms with van der Waals surface area (Å²) in [4.78, 5) is 33.4. The topological polar surface area (TPSA) is 108 Å². The Morgan fingerprint density at radius 3 is 2.50 bits per heavy atom. The number of halogens is 2. The number of hydrogen-bond acceptors (Lipinski definition) is 7. The minimum absolute atomic E-state index is 0.0990. The monoisotopic (exact) mass is 392 g/mol. The number of esters is 2. The standard InChI is InChI=1S/C12H10BrClN2O6/c1-21-9(17)5-8(12(18)22-2)15-10-6(13)3-4-7(14)11(10)16(19)20/h3-5,15H,1-2H3/b8-5+. The third-order valence-electron chi connectivity index (χ3n) is 2.39. The van der Waals surface area contributed by atoms with Gasteiger partial charge in [0.2, 0.25) is 0 Å². The van der Waals surface area contributed by atoms with Gasteiger partial charge in [-0.05, 0) is 28.1 Å². The Hall–Kier alpha value is -2.13. The molecule has 118 valence electrons. The molecule has 1 N–H and O–H groups in total. The van der Waals surface area contributed by atoms with Crippen LogP contribution >= 0.6 is 27.5 Å². The van der Waals surface area contributed by atoms with Crippen LogP contribution in [0.2, 0.25) is 5.02 Å². The van der Waals surface area contributed by atoms with Crippen molar-refractivity contribution in [2.75, 3.05) is 19.5 Å². The van der Waals surface area contributed by atoms with Crippen LogP contribution in [0.25, 0.3) is 0 Å². The highest BCUT2D eigenvalue weighted by Crippen LogP contribution is 2.39. The second-order valence-electron chi connectivity index (χ2n) is 3.71. The molecule has 0 spiro atoms. The van der Waals surface area contributed by atoms with Crippen molar-refractivity contribution in [1.82, 2.24) is 0 Å². The van der Waals surface area contributed by atoms with E-state index < -0.39 is 22.5 Å². The summed E-state index contributed by atoms with van der Waals surface area (Å²) in [6.45, 7) is 0. The van der Waals surface area contributed by atoms with Crippen molar-refractivity contribution in [3.05, 3.63) is 43.5 Å². The van der Waals surface area contributed by atoms with E-state index in [9.17, 15) is 19.7 Å². The molecule has 0 aliphatic rings. The van der Waals surface area contributed by atoms with E-state index in [0.717, 1.165) is 20.3 Å². The summed E-state index contributed by atoms with van der Waals surface area (Å²) in [5.74, 6) is -1.75. The quantitative estimate of drug-likeness (QED) is 0.354. The van der Waals surface area contributed by atoms with E-state index in [1.54, 1.807) is 0 Å². The maximum absolute atomic E-state index is 11.7. The van der Waals surface area contributed by atoms with Gasteiger partial charge in [-0.25, -0.2) is 9.59 Å². The molecule has 22 heavy (non-hydrogen) atoms. The molecule has 0 atom stereocenters. The van der Waals surface area contributed by atoms with Crippen LogP contribution in [0.3, 0.4) is 0 Å². The van der Waals surface area contributed by atoms with Gasteiger partial charge in [0.25, 0.3) is 0 Å². The van der Waals surface area contributed by atoms with Gasteiger partial charge in [0.1, 0.15) is 16.4 Å². The third-order valence-corrected chi connectivity index (χ3v) is 3.35. The molecule has 0 unspecified atom stereocenters. The fraction of sp³-hybridized carbons (Fsp3) is 0.167. The number of methoxy groups -OCH3 is 2. The first kappa shape index (κ1) is 17.9. The zero-order valence-corrected chi connectivity index (χ0v) is 13.7. The molecule has 0 heterocycles. The first-order chi connectivity index (χ1) is 10.3. The minimum Gasteiger partial charge on any atom is -0.466 e. The normalized spacial score (nSPS) is 10.8. The summed E-state index contributed by atoms with van der Waals surface area (Å²) in [5, 5.41) is 13.5. The average molecular weight is 394 g/mol. The molecule has 0 saturated heterocycles. The number of carbonyl (C=O) groups is 2. The van der Waals surface area contributed by atoms with Crippen LogP contribution in [0.4, 0.5) is 11.4 Å². The number of nitrogens with zero attached hydrogens (tertiary/aromatic N) is 1. The SMILES string of the molecule is COC(=O)/C=C(/Nc1c(Br)ccc(Cl)c1[N+](=O)[O-])C(=O)OC.